The highest BCUT2D eigenvalue weighted by atomic mass is 32.2. The van der Waals surface area contributed by atoms with Gasteiger partial charge >= 0.3 is 0 Å². The molecule has 1 aliphatic carbocycles. The van der Waals surface area contributed by atoms with Crippen LogP contribution in [-0.2, 0) is 19.6 Å². The molecule has 9 heteroatoms. The lowest BCUT2D eigenvalue weighted by atomic mass is 10.1. The van der Waals surface area contributed by atoms with Crippen molar-refractivity contribution in [2.24, 2.45) is 0 Å². The molecule has 2 rings (SSSR count). The lowest BCUT2D eigenvalue weighted by molar-refractivity contribution is -0.130. The summed E-state index contributed by atoms with van der Waals surface area (Å²) in [5.41, 5.74) is -1.53. The number of anilines is 1. The van der Waals surface area contributed by atoms with Crippen LogP contribution in [0.4, 0.5) is 5.00 Å². The van der Waals surface area contributed by atoms with E-state index in [2.05, 4.69) is 5.32 Å². The summed E-state index contributed by atoms with van der Waals surface area (Å²) in [6.07, 6.45) is 1.72. The van der Waals surface area contributed by atoms with Crippen molar-refractivity contribution < 1.29 is 23.1 Å². The van der Waals surface area contributed by atoms with Gasteiger partial charge in [0.2, 0.25) is 0 Å². The second-order valence-corrected chi connectivity index (χ2v) is 9.17. The fourth-order valence-corrected chi connectivity index (χ4v) is 4.95. The van der Waals surface area contributed by atoms with Gasteiger partial charge in [-0.05, 0) is 38.8 Å². The Morgan fingerprint density at radius 1 is 1.48 bits per heavy atom. The Labute approximate surface area is 140 Å². The molecule has 0 radical (unpaired) electrons. The normalized spacial score (nSPS) is 15.9. The van der Waals surface area contributed by atoms with E-state index in [-0.39, 0.29) is 10.3 Å². The van der Waals surface area contributed by atoms with Gasteiger partial charge < -0.3 is 15.2 Å². The highest BCUT2D eigenvalue weighted by Gasteiger charge is 2.38. The van der Waals surface area contributed by atoms with Crippen LogP contribution < -0.4 is 5.32 Å². The molecule has 0 aromatic carbocycles. The third-order valence-corrected chi connectivity index (χ3v) is 6.83. The lowest BCUT2D eigenvalue weighted by Crippen LogP contribution is -2.36. The summed E-state index contributed by atoms with van der Waals surface area (Å²) in [4.78, 5) is 11.8. The van der Waals surface area contributed by atoms with Gasteiger partial charge in [-0.15, -0.1) is 11.3 Å². The molecule has 1 saturated carbocycles. The van der Waals surface area contributed by atoms with Crippen LogP contribution in [0.15, 0.2) is 16.3 Å². The van der Waals surface area contributed by atoms with Crippen LogP contribution in [0.25, 0.3) is 0 Å². The molecule has 130 valence electrons. The van der Waals surface area contributed by atoms with Gasteiger partial charge in [-0.2, -0.15) is 4.31 Å². The van der Waals surface area contributed by atoms with Gasteiger partial charge in [0.1, 0.15) is 9.81 Å². The number of aliphatic hydroxyl groups is 1. The summed E-state index contributed by atoms with van der Waals surface area (Å²) in [6.45, 7) is 3.39. The molecular formula is C14H22N2O5S2. The van der Waals surface area contributed by atoms with Gasteiger partial charge in [0, 0.05) is 19.7 Å². The van der Waals surface area contributed by atoms with Crippen molar-refractivity contribution in [2.45, 2.75) is 42.5 Å². The fourth-order valence-electron chi connectivity index (χ4n) is 1.95. The molecule has 0 saturated heterocycles. The minimum absolute atomic E-state index is 0.0340. The standard InChI is InChI=1S/C14H22N2O5S2/c1-14(2,18)13(17)15-11-6-7-12(22-11)23(19,20)16(8-9-21-3)10-4-5-10/h6-7,10,18H,4-5,8-9H2,1-3H3,(H,15,17). The summed E-state index contributed by atoms with van der Waals surface area (Å²) < 4.78 is 32.1. The van der Waals surface area contributed by atoms with Crippen LogP contribution in [0.2, 0.25) is 0 Å². The first-order chi connectivity index (χ1) is 10.7. The Morgan fingerprint density at radius 2 is 2.13 bits per heavy atom. The fraction of sp³-hybridized carbons (Fsp3) is 0.643. The van der Waals surface area contributed by atoms with E-state index in [0.29, 0.717) is 18.2 Å². The number of thiophene rings is 1. The van der Waals surface area contributed by atoms with Gasteiger partial charge in [0.25, 0.3) is 15.9 Å². The quantitative estimate of drug-likeness (QED) is 0.726. The molecule has 1 aliphatic rings. The number of methoxy groups -OCH3 is 1. The highest BCUT2D eigenvalue weighted by molar-refractivity contribution is 7.91. The topological polar surface area (TPSA) is 95.9 Å². The third-order valence-electron chi connectivity index (χ3n) is 3.41. The smallest absolute Gasteiger partial charge is 0.256 e. The first-order valence-electron chi connectivity index (χ1n) is 7.30. The molecule has 1 heterocycles. The van der Waals surface area contributed by atoms with Crippen molar-refractivity contribution in [1.82, 2.24) is 4.31 Å². The van der Waals surface area contributed by atoms with E-state index >= 15 is 0 Å². The van der Waals surface area contributed by atoms with Crippen molar-refractivity contribution >= 4 is 32.3 Å². The number of amides is 1. The molecule has 1 fully saturated rings. The molecule has 0 atom stereocenters. The number of carbonyl (C=O) groups is 1. The van der Waals surface area contributed by atoms with E-state index in [1.54, 1.807) is 0 Å². The van der Waals surface area contributed by atoms with E-state index < -0.39 is 21.5 Å². The number of rotatable bonds is 8. The van der Waals surface area contributed by atoms with E-state index in [1.165, 1.54) is 37.4 Å². The zero-order valence-corrected chi connectivity index (χ0v) is 15.0. The molecule has 0 aliphatic heterocycles. The van der Waals surface area contributed by atoms with Crippen LogP contribution in [0.5, 0.6) is 0 Å². The first-order valence-corrected chi connectivity index (χ1v) is 9.56. The Bertz CT molecular complexity index is 659. The van der Waals surface area contributed by atoms with Crippen molar-refractivity contribution in [3.63, 3.8) is 0 Å². The van der Waals surface area contributed by atoms with Gasteiger partial charge in [-0.3, -0.25) is 4.79 Å². The SMILES string of the molecule is COCCN(C1CC1)S(=O)(=O)c1ccc(NC(=O)C(C)(C)O)s1. The number of carbonyl (C=O) groups excluding carboxylic acids is 1. The first kappa shape index (κ1) is 18.3. The molecular weight excluding hydrogens is 340 g/mol. The number of nitrogens with zero attached hydrogens (tertiary/aromatic N) is 1. The van der Waals surface area contributed by atoms with E-state index in [1.807, 2.05) is 0 Å². The molecule has 1 aromatic heterocycles. The van der Waals surface area contributed by atoms with Crippen LogP contribution >= 0.6 is 11.3 Å². The van der Waals surface area contributed by atoms with Crippen LogP contribution in [-0.4, -0.2) is 55.6 Å². The summed E-state index contributed by atoms with van der Waals surface area (Å²) >= 11 is 0.978. The van der Waals surface area contributed by atoms with Crippen molar-refractivity contribution in [3.8, 4) is 0 Å². The second kappa shape index (κ2) is 6.86. The summed E-state index contributed by atoms with van der Waals surface area (Å²) in [5.74, 6) is -0.582. The van der Waals surface area contributed by atoms with Gasteiger partial charge in [-0.25, -0.2) is 8.42 Å². The molecule has 0 unspecified atom stereocenters. The van der Waals surface area contributed by atoms with E-state index in [4.69, 9.17) is 4.74 Å². The Hall–Kier alpha value is -1.00. The third kappa shape index (κ3) is 4.51. The van der Waals surface area contributed by atoms with Crippen LogP contribution in [0, 0.1) is 0 Å². The van der Waals surface area contributed by atoms with E-state index in [9.17, 15) is 18.3 Å². The zero-order chi connectivity index (χ0) is 17.3. The van der Waals surface area contributed by atoms with Crippen molar-refractivity contribution in [1.29, 1.82) is 0 Å². The number of ether oxygens (including phenoxy) is 1. The second-order valence-electron chi connectivity index (χ2n) is 5.97. The summed E-state index contributed by atoms with van der Waals surface area (Å²) in [5, 5.41) is 12.5. The average molecular weight is 362 g/mol. The molecule has 1 amide bonds. The number of sulfonamides is 1. The maximum absolute atomic E-state index is 12.7. The number of hydrogen-bond donors (Lipinski definition) is 2. The number of hydrogen-bond acceptors (Lipinski definition) is 6. The number of nitrogens with one attached hydrogen (secondary N) is 1. The Morgan fingerprint density at radius 3 is 2.65 bits per heavy atom. The Balaban J connectivity index is 2.15. The van der Waals surface area contributed by atoms with E-state index in [0.717, 1.165) is 24.2 Å². The Kier molecular flexibility index (Phi) is 5.47. The minimum atomic E-state index is -3.60. The predicted molar refractivity (Wildman–Crippen MR) is 88.0 cm³/mol. The highest BCUT2D eigenvalue weighted by Crippen LogP contribution is 2.35. The van der Waals surface area contributed by atoms with Crippen LogP contribution in [0.1, 0.15) is 26.7 Å². The molecule has 1 aromatic rings. The van der Waals surface area contributed by atoms with Crippen LogP contribution in [0.3, 0.4) is 0 Å². The zero-order valence-electron chi connectivity index (χ0n) is 13.4. The molecule has 0 spiro atoms. The molecule has 2 N–H and O–H groups in total. The minimum Gasteiger partial charge on any atom is -0.383 e. The maximum Gasteiger partial charge on any atom is 0.256 e. The van der Waals surface area contributed by atoms with Gasteiger partial charge in [-0.1, -0.05) is 0 Å². The largest absolute Gasteiger partial charge is 0.383 e. The molecule has 23 heavy (non-hydrogen) atoms. The lowest BCUT2D eigenvalue weighted by Gasteiger charge is -2.20. The molecule has 0 bridgehead atoms. The maximum atomic E-state index is 12.7. The van der Waals surface area contributed by atoms with Crippen molar-refractivity contribution in [2.75, 3.05) is 25.6 Å². The van der Waals surface area contributed by atoms with Gasteiger partial charge in [0.15, 0.2) is 0 Å². The predicted octanol–water partition coefficient (Wildman–Crippen LogP) is 1.26. The summed E-state index contributed by atoms with van der Waals surface area (Å²) in [6, 6.07) is 3.04. The summed E-state index contributed by atoms with van der Waals surface area (Å²) in [7, 11) is -2.07. The monoisotopic (exact) mass is 362 g/mol. The van der Waals surface area contributed by atoms with Crippen molar-refractivity contribution in [3.05, 3.63) is 12.1 Å². The average Bonchev–Trinajstić information content (AvgIpc) is 3.16. The van der Waals surface area contributed by atoms with Gasteiger partial charge in [0.05, 0.1) is 11.6 Å². The molecule has 7 nitrogen and oxygen atoms in total.